The Balaban J connectivity index is 2.20. The van der Waals surface area contributed by atoms with Crippen molar-refractivity contribution in [1.82, 2.24) is 0 Å². The Morgan fingerprint density at radius 2 is 1.54 bits per heavy atom. The predicted molar refractivity (Wildman–Crippen MR) is 89.8 cm³/mol. The standard InChI is InChI=1S/C20H17F3O/c1-3-12-5-7-13(8-6-12)15-11-14-9-10-16(24-4-2)19(22)17(14)20(23)18(15)21/h5-11H,3-4H2,1-2H3. The van der Waals surface area contributed by atoms with Crippen molar-refractivity contribution in [3.8, 4) is 16.9 Å². The van der Waals surface area contributed by atoms with Gasteiger partial charge in [0.1, 0.15) is 0 Å². The fourth-order valence-electron chi connectivity index (χ4n) is 2.76. The van der Waals surface area contributed by atoms with E-state index in [1.807, 2.05) is 19.1 Å². The van der Waals surface area contributed by atoms with E-state index in [0.717, 1.165) is 12.0 Å². The molecule has 0 aliphatic rings. The Kier molecular flexibility index (Phi) is 4.47. The van der Waals surface area contributed by atoms with Gasteiger partial charge >= 0.3 is 0 Å². The van der Waals surface area contributed by atoms with Crippen LogP contribution in [-0.2, 0) is 6.42 Å². The molecule has 0 aromatic heterocycles. The lowest BCUT2D eigenvalue weighted by molar-refractivity contribution is 0.322. The van der Waals surface area contributed by atoms with E-state index in [2.05, 4.69) is 0 Å². The summed E-state index contributed by atoms with van der Waals surface area (Å²) in [6.45, 7) is 3.96. The van der Waals surface area contributed by atoms with E-state index in [-0.39, 0.29) is 23.3 Å². The molecule has 0 N–H and O–H groups in total. The third kappa shape index (κ3) is 2.73. The van der Waals surface area contributed by atoms with Crippen LogP contribution in [0.1, 0.15) is 19.4 Å². The molecule has 0 amide bonds. The quantitative estimate of drug-likeness (QED) is 0.580. The van der Waals surface area contributed by atoms with E-state index in [1.165, 1.54) is 18.2 Å². The number of halogens is 3. The summed E-state index contributed by atoms with van der Waals surface area (Å²) in [4.78, 5) is 0. The molecule has 0 saturated heterocycles. The molecular weight excluding hydrogens is 313 g/mol. The average Bonchev–Trinajstić information content (AvgIpc) is 2.60. The SMILES string of the molecule is CCOc1ccc2cc(-c3ccc(CC)cc3)c(F)c(F)c2c1F. The molecule has 0 heterocycles. The summed E-state index contributed by atoms with van der Waals surface area (Å²) in [5.74, 6) is -3.21. The van der Waals surface area contributed by atoms with Gasteiger partial charge in [-0.05, 0) is 42.0 Å². The monoisotopic (exact) mass is 330 g/mol. The van der Waals surface area contributed by atoms with Crippen LogP contribution in [0.5, 0.6) is 5.75 Å². The molecule has 3 aromatic carbocycles. The van der Waals surface area contributed by atoms with Crippen LogP contribution in [0.3, 0.4) is 0 Å². The van der Waals surface area contributed by atoms with Gasteiger partial charge in [-0.2, -0.15) is 0 Å². The second kappa shape index (κ2) is 6.56. The minimum Gasteiger partial charge on any atom is -0.491 e. The summed E-state index contributed by atoms with van der Waals surface area (Å²) < 4.78 is 48.5. The third-order valence-electron chi connectivity index (χ3n) is 4.06. The van der Waals surface area contributed by atoms with Crippen molar-refractivity contribution in [3.05, 3.63) is 65.5 Å². The molecule has 0 saturated carbocycles. The minimum atomic E-state index is -1.19. The predicted octanol–water partition coefficient (Wildman–Crippen LogP) is 5.89. The molecule has 4 heteroatoms. The molecule has 0 aliphatic carbocycles. The topological polar surface area (TPSA) is 9.23 Å². The highest BCUT2D eigenvalue weighted by atomic mass is 19.2. The van der Waals surface area contributed by atoms with Crippen LogP contribution in [-0.4, -0.2) is 6.61 Å². The van der Waals surface area contributed by atoms with Crippen molar-refractivity contribution in [2.45, 2.75) is 20.3 Å². The summed E-state index contributed by atoms with van der Waals surface area (Å²) in [6.07, 6.45) is 0.861. The number of rotatable bonds is 4. The molecule has 3 rings (SSSR count). The van der Waals surface area contributed by atoms with Gasteiger partial charge in [0.25, 0.3) is 0 Å². The van der Waals surface area contributed by atoms with Crippen molar-refractivity contribution in [3.63, 3.8) is 0 Å². The van der Waals surface area contributed by atoms with Crippen molar-refractivity contribution < 1.29 is 17.9 Å². The zero-order chi connectivity index (χ0) is 17.3. The molecule has 24 heavy (non-hydrogen) atoms. The Morgan fingerprint density at radius 1 is 0.833 bits per heavy atom. The first-order valence-electron chi connectivity index (χ1n) is 7.89. The van der Waals surface area contributed by atoms with Gasteiger partial charge in [-0.15, -0.1) is 0 Å². The average molecular weight is 330 g/mol. The minimum absolute atomic E-state index is 0.0802. The lowest BCUT2D eigenvalue weighted by Crippen LogP contribution is -1.99. The molecule has 0 radical (unpaired) electrons. The highest BCUT2D eigenvalue weighted by molar-refractivity contribution is 5.90. The smallest absolute Gasteiger partial charge is 0.175 e. The van der Waals surface area contributed by atoms with Crippen LogP contribution in [0.25, 0.3) is 21.9 Å². The fourth-order valence-corrected chi connectivity index (χ4v) is 2.76. The van der Waals surface area contributed by atoms with E-state index in [1.54, 1.807) is 19.1 Å². The van der Waals surface area contributed by atoms with E-state index < -0.39 is 17.5 Å². The fraction of sp³-hybridized carbons (Fsp3) is 0.200. The number of ether oxygens (including phenoxy) is 1. The highest BCUT2D eigenvalue weighted by Gasteiger charge is 2.20. The molecule has 1 nitrogen and oxygen atoms in total. The van der Waals surface area contributed by atoms with Crippen LogP contribution in [0.2, 0.25) is 0 Å². The number of benzene rings is 3. The normalized spacial score (nSPS) is 11.0. The maximum Gasteiger partial charge on any atom is 0.175 e. The second-order valence-corrected chi connectivity index (χ2v) is 5.51. The molecule has 0 bridgehead atoms. The summed E-state index contributed by atoms with van der Waals surface area (Å²) in [6, 6.07) is 11.7. The number of hydrogen-bond donors (Lipinski definition) is 0. The van der Waals surface area contributed by atoms with Crippen molar-refractivity contribution in [2.75, 3.05) is 6.61 Å². The summed E-state index contributed by atoms with van der Waals surface area (Å²) >= 11 is 0. The Labute approximate surface area is 138 Å². The van der Waals surface area contributed by atoms with Gasteiger partial charge in [-0.1, -0.05) is 37.3 Å². The Morgan fingerprint density at radius 3 is 2.17 bits per heavy atom. The summed E-state index contributed by atoms with van der Waals surface area (Å²) in [5, 5.41) is -0.0863. The zero-order valence-corrected chi connectivity index (χ0v) is 13.5. The third-order valence-corrected chi connectivity index (χ3v) is 4.06. The molecule has 0 atom stereocenters. The van der Waals surface area contributed by atoms with Crippen LogP contribution >= 0.6 is 0 Å². The van der Waals surface area contributed by atoms with Crippen molar-refractivity contribution in [1.29, 1.82) is 0 Å². The van der Waals surface area contributed by atoms with Crippen LogP contribution in [0, 0.1) is 17.5 Å². The lowest BCUT2D eigenvalue weighted by atomic mass is 9.98. The van der Waals surface area contributed by atoms with E-state index >= 15 is 0 Å². The molecule has 0 fully saturated rings. The van der Waals surface area contributed by atoms with Crippen LogP contribution in [0.15, 0.2) is 42.5 Å². The van der Waals surface area contributed by atoms with Crippen molar-refractivity contribution in [2.24, 2.45) is 0 Å². The number of fused-ring (bicyclic) bond motifs is 1. The van der Waals surface area contributed by atoms with Crippen LogP contribution < -0.4 is 4.74 Å². The van der Waals surface area contributed by atoms with Gasteiger partial charge in [0.2, 0.25) is 0 Å². The maximum atomic E-state index is 14.5. The Hall–Kier alpha value is -2.49. The second-order valence-electron chi connectivity index (χ2n) is 5.51. The summed E-state index contributed by atoms with van der Waals surface area (Å²) in [7, 11) is 0. The molecule has 124 valence electrons. The number of hydrogen-bond acceptors (Lipinski definition) is 1. The molecule has 3 aromatic rings. The molecule has 0 spiro atoms. The molecule has 0 aliphatic heterocycles. The van der Waals surface area contributed by atoms with Gasteiger partial charge in [0, 0.05) is 5.56 Å². The van der Waals surface area contributed by atoms with E-state index in [4.69, 9.17) is 4.74 Å². The van der Waals surface area contributed by atoms with Gasteiger partial charge < -0.3 is 4.74 Å². The first-order chi connectivity index (χ1) is 11.6. The van der Waals surface area contributed by atoms with Crippen molar-refractivity contribution >= 4 is 10.8 Å². The molecule has 0 unspecified atom stereocenters. The first-order valence-corrected chi connectivity index (χ1v) is 7.89. The lowest BCUT2D eigenvalue weighted by Gasteiger charge is -2.12. The molecular formula is C20H17F3O. The summed E-state index contributed by atoms with van der Waals surface area (Å²) in [5.41, 5.74) is 1.78. The maximum absolute atomic E-state index is 14.5. The first kappa shape index (κ1) is 16.4. The van der Waals surface area contributed by atoms with E-state index in [0.29, 0.717) is 10.9 Å². The highest BCUT2D eigenvalue weighted by Crippen LogP contribution is 2.35. The van der Waals surface area contributed by atoms with Gasteiger partial charge in [0.15, 0.2) is 23.2 Å². The van der Waals surface area contributed by atoms with E-state index in [9.17, 15) is 13.2 Å². The van der Waals surface area contributed by atoms with Gasteiger partial charge in [0.05, 0.1) is 12.0 Å². The zero-order valence-electron chi connectivity index (χ0n) is 13.5. The largest absolute Gasteiger partial charge is 0.491 e. The van der Waals surface area contributed by atoms with Gasteiger partial charge in [-0.3, -0.25) is 0 Å². The van der Waals surface area contributed by atoms with Crippen LogP contribution in [0.4, 0.5) is 13.2 Å². The Bertz CT molecular complexity index is 886. The van der Waals surface area contributed by atoms with Gasteiger partial charge in [-0.25, -0.2) is 13.2 Å². The number of aryl methyl sites for hydroxylation is 1.